The standard InChI is InChI=1S/C23H23F3N6OS/c24-23(25,26)16-5-8-19(31-10-1-2-11-31)18(12-16)28-20(33)14-34-22-30-29-21(32(22)17-6-7-17)15-4-3-9-27-13-15/h3-5,8-9,12-13,17H,1-2,6-7,10-11,14H2,(H,28,33). The quantitative estimate of drug-likeness (QED) is 0.471. The van der Waals surface area contributed by atoms with Crippen LogP contribution in [-0.4, -0.2) is 44.5 Å². The van der Waals surface area contributed by atoms with Crippen molar-refractivity contribution >= 4 is 29.0 Å². The summed E-state index contributed by atoms with van der Waals surface area (Å²) in [5.74, 6) is 0.318. The second-order valence-corrected chi connectivity index (χ2v) is 9.35. The Morgan fingerprint density at radius 1 is 1.15 bits per heavy atom. The minimum Gasteiger partial charge on any atom is -0.370 e. The van der Waals surface area contributed by atoms with Gasteiger partial charge in [-0.2, -0.15) is 13.2 Å². The van der Waals surface area contributed by atoms with Crippen molar-refractivity contribution in [3.05, 3.63) is 48.3 Å². The molecule has 0 atom stereocenters. The van der Waals surface area contributed by atoms with Gasteiger partial charge in [0, 0.05) is 37.1 Å². The second-order valence-electron chi connectivity index (χ2n) is 8.41. The summed E-state index contributed by atoms with van der Waals surface area (Å²) in [7, 11) is 0. The number of anilines is 2. The largest absolute Gasteiger partial charge is 0.416 e. The predicted octanol–water partition coefficient (Wildman–Crippen LogP) is 5.02. The van der Waals surface area contributed by atoms with Gasteiger partial charge in [-0.15, -0.1) is 10.2 Å². The van der Waals surface area contributed by atoms with Gasteiger partial charge in [0.2, 0.25) is 5.91 Å². The number of amides is 1. The van der Waals surface area contributed by atoms with Crippen LogP contribution in [0.3, 0.4) is 0 Å². The van der Waals surface area contributed by atoms with Crippen molar-refractivity contribution in [2.24, 2.45) is 0 Å². The lowest BCUT2D eigenvalue weighted by Gasteiger charge is -2.23. The molecular formula is C23H23F3N6OS. The van der Waals surface area contributed by atoms with E-state index in [2.05, 4.69) is 20.5 Å². The van der Waals surface area contributed by atoms with Crippen molar-refractivity contribution < 1.29 is 18.0 Å². The molecule has 2 fully saturated rings. The molecule has 1 saturated carbocycles. The van der Waals surface area contributed by atoms with Crippen LogP contribution in [0.5, 0.6) is 0 Å². The maximum Gasteiger partial charge on any atom is 0.416 e. The van der Waals surface area contributed by atoms with E-state index in [0.29, 0.717) is 16.7 Å². The summed E-state index contributed by atoms with van der Waals surface area (Å²) in [6.07, 6.45) is 2.88. The molecule has 1 aliphatic heterocycles. The number of benzene rings is 1. The topological polar surface area (TPSA) is 75.9 Å². The van der Waals surface area contributed by atoms with Gasteiger partial charge in [0.05, 0.1) is 22.7 Å². The molecule has 3 aromatic rings. The van der Waals surface area contributed by atoms with Gasteiger partial charge in [0.1, 0.15) is 0 Å². The molecule has 1 N–H and O–H groups in total. The van der Waals surface area contributed by atoms with Crippen molar-refractivity contribution in [3.8, 4) is 11.4 Å². The number of alkyl halides is 3. The molecule has 178 valence electrons. The first-order valence-corrected chi connectivity index (χ1v) is 12.1. The number of pyridine rings is 1. The van der Waals surface area contributed by atoms with E-state index in [4.69, 9.17) is 0 Å². The van der Waals surface area contributed by atoms with Crippen molar-refractivity contribution in [1.29, 1.82) is 0 Å². The van der Waals surface area contributed by atoms with Crippen LogP contribution >= 0.6 is 11.8 Å². The maximum atomic E-state index is 13.3. The number of thioether (sulfide) groups is 1. The fourth-order valence-corrected chi connectivity index (χ4v) is 4.90. The van der Waals surface area contributed by atoms with Gasteiger partial charge in [0.25, 0.3) is 0 Å². The third-order valence-electron chi connectivity index (χ3n) is 5.87. The molecule has 0 bridgehead atoms. The lowest BCUT2D eigenvalue weighted by molar-refractivity contribution is -0.137. The third-order valence-corrected chi connectivity index (χ3v) is 6.82. The van der Waals surface area contributed by atoms with Crippen LogP contribution in [0.2, 0.25) is 0 Å². The van der Waals surface area contributed by atoms with Gasteiger partial charge in [0.15, 0.2) is 11.0 Å². The van der Waals surface area contributed by atoms with Crippen LogP contribution in [0.4, 0.5) is 24.5 Å². The van der Waals surface area contributed by atoms with Crippen LogP contribution in [0.15, 0.2) is 47.9 Å². The second kappa shape index (κ2) is 9.28. The lowest BCUT2D eigenvalue weighted by Crippen LogP contribution is -2.22. The minimum absolute atomic E-state index is 0.00752. The Morgan fingerprint density at radius 3 is 2.62 bits per heavy atom. The Labute approximate surface area is 198 Å². The Morgan fingerprint density at radius 2 is 1.94 bits per heavy atom. The summed E-state index contributed by atoms with van der Waals surface area (Å²) >= 11 is 1.23. The van der Waals surface area contributed by atoms with Crippen molar-refractivity contribution in [2.45, 2.75) is 43.1 Å². The first-order valence-electron chi connectivity index (χ1n) is 11.1. The van der Waals surface area contributed by atoms with E-state index >= 15 is 0 Å². The summed E-state index contributed by atoms with van der Waals surface area (Å²) in [5, 5.41) is 11.9. The van der Waals surface area contributed by atoms with Crippen LogP contribution < -0.4 is 10.2 Å². The molecular weight excluding hydrogens is 465 g/mol. The van der Waals surface area contributed by atoms with Gasteiger partial charge in [-0.05, 0) is 56.0 Å². The molecule has 1 aromatic carbocycles. The Balaban J connectivity index is 1.33. The molecule has 2 aromatic heterocycles. The monoisotopic (exact) mass is 488 g/mol. The molecule has 1 saturated heterocycles. The average Bonchev–Trinajstić information content (AvgIpc) is 3.33. The Bertz CT molecular complexity index is 1170. The van der Waals surface area contributed by atoms with Gasteiger partial charge < -0.3 is 10.2 Å². The number of carbonyl (C=O) groups is 1. The van der Waals surface area contributed by atoms with E-state index in [1.165, 1.54) is 17.8 Å². The Kier molecular flexibility index (Phi) is 6.20. The normalized spacial score (nSPS) is 16.1. The van der Waals surface area contributed by atoms with E-state index in [9.17, 15) is 18.0 Å². The molecule has 7 nitrogen and oxygen atoms in total. The molecule has 0 unspecified atom stereocenters. The summed E-state index contributed by atoms with van der Waals surface area (Å²) < 4.78 is 41.9. The summed E-state index contributed by atoms with van der Waals surface area (Å²) in [6.45, 7) is 1.51. The fraction of sp³-hybridized carbons (Fsp3) is 0.391. The highest BCUT2D eigenvalue weighted by Gasteiger charge is 2.33. The highest BCUT2D eigenvalue weighted by molar-refractivity contribution is 7.99. The zero-order valence-electron chi connectivity index (χ0n) is 18.3. The fourth-order valence-electron chi connectivity index (χ4n) is 4.09. The Hall–Kier alpha value is -3.08. The molecule has 2 aliphatic rings. The zero-order chi connectivity index (χ0) is 23.7. The highest BCUT2D eigenvalue weighted by Crippen LogP contribution is 2.41. The number of carbonyl (C=O) groups excluding carboxylic acids is 1. The SMILES string of the molecule is O=C(CSc1nnc(-c2cccnc2)n1C1CC1)Nc1cc(C(F)(F)F)ccc1N1CCCC1. The average molecular weight is 489 g/mol. The lowest BCUT2D eigenvalue weighted by atomic mass is 10.1. The smallest absolute Gasteiger partial charge is 0.370 e. The molecule has 1 amide bonds. The number of aromatic nitrogens is 4. The van der Waals surface area contributed by atoms with Crippen molar-refractivity contribution in [3.63, 3.8) is 0 Å². The number of hydrogen-bond donors (Lipinski definition) is 1. The van der Waals surface area contributed by atoms with E-state index in [0.717, 1.165) is 56.5 Å². The van der Waals surface area contributed by atoms with E-state index < -0.39 is 17.6 Å². The highest BCUT2D eigenvalue weighted by atomic mass is 32.2. The summed E-state index contributed by atoms with van der Waals surface area (Å²) in [4.78, 5) is 18.9. The molecule has 0 spiro atoms. The summed E-state index contributed by atoms with van der Waals surface area (Å²) in [5.41, 5.74) is 0.858. The number of rotatable bonds is 7. The van der Waals surface area contributed by atoms with Crippen molar-refractivity contribution in [2.75, 3.05) is 29.1 Å². The first kappa shape index (κ1) is 22.7. The van der Waals surface area contributed by atoms with Gasteiger partial charge >= 0.3 is 6.18 Å². The third kappa shape index (κ3) is 4.89. The molecule has 0 radical (unpaired) electrons. The van der Waals surface area contributed by atoms with Gasteiger partial charge in [-0.3, -0.25) is 14.3 Å². The zero-order valence-corrected chi connectivity index (χ0v) is 19.1. The predicted molar refractivity (Wildman–Crippen MR) is 124 cm³/mol. The number of hydrogen-bond acceptors (Lipinski definition) is 6. The summed E-state index contributed by atoms with van der Waals surface area (Å²) in [6, 6.07) is 7.54. The number of halogens is 3. The molecule has 5 rings (SSSR count). The van der Waals surface area contributed by atoms with Crippen LogP contribution in [0, 0.1) is 0 Å². The number of nitrogens with zero attached hydrogens (tertiary/aromatic N) is 5. The van der Waals surface area contributed by atoms with Crippen LogP contribution in [-0.2, 0) is 11.0 Å². The van der Waals surface area contributed by atoms with Crippen LogP contribution in [0.25, 0.3) is 11.4 Å². The molecule has 34 heavy (non-hydrogen) atoms. The molecule has 11 heteroatoms. The van der Waals surface area contributed by atoms with Gasteiger partial charge in [-0.25, -0.2) is 0 Å². The molecule has 3 heterocycles. The van der Waals surface area contributed by atoms with Gasteiger partial charge in [-0.1, -0.05) is 11.8 Å². The van der Waals surface area contributed by atoms with Crippen LogP contribution in [0.1, 0.15) is 37.3 Å². The maximum absolute atomic E-state index is 13.3. The van der Waals surface area contributed by atoms with E-state index in [1.54, 1.807) is 12.4 Å². The minimum atomic E-state index is -4.48. The van der Waals surface area contributed by atoms with Crippen molar-refractivity contribution in [1.82, 2.24) is 19.7 Å². The first-order chi connectivity index (χ1) is 16.4. The van der Waals surface area contributed by atoms with E-state index in [1.807, 2.05) is 21.6 Å². The number of nitrogens with one attached hydrogen (secondary N) is 1. The van der Waals surface area contributed by atoms with E-state index in [-0.39, 0.29) is 17.5 Å². The molecule has 1 aliphatic carbocycles.